The molecule has 100 valence electrons. The lowest BCUT2D eigenvalue weighted by Crippen LogP contribution is -2.60. The summed E-state index contributed by atoms with van der Waals surface area (Å²) in [5.74, 6) is -0.000600. The molecule has 3 atom stereocenters. The maximum atomic E-state index is 13.6. The molecular formula is C14H20FNO2. The number of benzene rings is 1. The van der Waals surface area contributed by atoms with Crippen molar-refractivity contribution in [2.24, 2.45) is 0 Å². The standard InChI is InChI=1S/C14H20FNO2/c1-4-16-11-8-13(14(11)17-3)18-12-7-9(2)5-6-10(12)15/h5-7,11,13-14,16H,4,8H2,1-3H3. The second-order valence-corrected chi connectivity index (χ2v) is 4.69. The van der Waals surface area contributed by atoms with Gasteiger partial charge in [0.05, 0.1) is 0 Å². The van der Waals surface area contributed by atoms with Crippen LogP contribution in [0.3, 0.4) is 0 Å². The predicted molar refractivity (Wildman–Crippen MR) is 68.4 cm³/mol. The van der Waals surface area contributed by atoms with Gasteiger partial charge < -0.3 is 14.8 Å². The maximum Gasteiger partial charge on any atom is 0.165 e. The molecule has 0 aliphatic heterocycles. The Morgan fingerprint density at radius 3 is 2.89 bits per heavy atom. The molecule has 4 heteroatoms. The van der Waals surface area contributed by atoms with Gasteiger partial charge >= 0.3 is 0 Å². The summed E-state index contributed by atoms with van der Waals surface area (Å²) >= 11 is 0. The molecule has 0 radical (unpaired) electrons. The van der Waals surface area contributed by atoms with E-state index in [-0.39, 0.29) is 18.0 Å². The van der Waals surface area contributed by atoms with Crippen molar-refractivity contribution in [1.82, 2.24) is 5.32 Å². The van der Waals surface area contributed by atoms with Crippen molar-refractivity contribution in [3.8, 4) is 5.75 Å². The van der Waals surface area contributed by atoms with E-state index in [1.54, 1.807) is 19.2 Å². The van der Waals surface area contributed by atoms with E-state index in [1.807, 2.05) is 6.92 Å². The third-order valence-electron chi connectivity index (χ3n) is 3.35. The lowest BCUT2D eigenvalue weighted by molar-refractivity contribution is -0.0894. The smallest absolute Gasteiger partial charge is 0.165 e. The molecule has 1 aliphatic rings. The Bertz CT molecular complexity index is 411. The molecule has 1 aromatic rings. The molecule has 18 heavy (non-hydrogen) atoms. The first kappa shape index (κ1) is 13.3. The SMILES string of the molecule is CCNC1CC(Oc2cc(C)ccc2F)C1OC. The Kier molecular flexibility index (Phi) is 4.19. The first-order chi connectivity index (χ1) is 8.65. The van der Waals surface area contributed by atoms with Crippen molar-refractivity contribution in [3.05, 3.63) is 29.6 Å². The van der Waals surface area contributed by atoms with Gasteiger partial charge in [-0.1, -0.05) is 13.0 Å². The number of aryl methyl sites for hydroxylation is 1. The van der Waals surface area contributed by atoms with E-state index in [0.717, 1.165) is 18.5 Å². The van der Waals surface area contributed by atoms with Gasteiger partial charge in [-0.3, -0.25) is 0 Å². The fourth-order valence-corrected chi connectivity index (χ4v) is 2.34. The lowest BCUT2D eigenvalue weighted by Gasteiger charge is -2.43. The number of hydrogen-bond acceptors (Lipinski definition) is 3. The fourth-order valence-electron chi connectivity index (χ4n) is 2.34. The zero-order chi connectivity index (χ0) is 13.1. The zero-order valence-electron chi connectivity index (χ0n) is 11.1. The summed E-state index contributed by atoms with van der Waals surface area (Å²) in [5, 5.41) is 3.33. The maximum absolute atomic E-state index is 13.6. The Hall–Kier alpha value is -1.13. The van der Waals surface area contributed by atoms with E-state index in [0.29, 0.717) is 11.8 Å². The number of likely N-dealkylation sites (N-methyl/N-ethyl adjacent to an activating group) is 1. The second kappa shape index (κ2) is 5.67. The molecular weight excluding hydrogens is 233 g/mol. The van der Waals surface area contributed by atoms with Crippen LogP contribution < -0.4 is 10.1 Å². The molecule has 3 unspecified atom stereocenters. The van der Waals surface area contributed by atoms with Gasteiger partial charge in [0.1, 0.15) is 12.2 Å². The van der Waals surface area contributed by atoms with Crippen LogP contribution in [0.1, 0.15) is 18.9 Å². The topological polar surface area (TPSA) is 30.5 Å². The van der Waals surface area contributed by atoms with E-state index in [1.165, 1.54) is 6.07 Å². The van der Waals surface area contributed by atoms with Gasteiger partial charge in [-0.15, -0.1) is 0 Å². The number of methoxy groups -OCH3 is 1. The van der Waals surface area contributed by atoms with Crippen LogP contribution in [0.15, 0.2) is 18.2 Å². The minimum atomic E-state index is -0.317. The summed E-state index contributed by atoms with van der Waals surface area (Å²) in [6.45, 7) is 4.87. The Morgan fingerprint density at radius 1 is 1.44 bits per heavy atom. The quantitative estimate of drug-likeness (QED) is 0.873. The summed E-state index contributed by atoms with van der Waals surface area (Å²) in [6, 6.07) is 5.20. The summed E-state index contributed by atoms with van der Waals surface area (Å²) in [4.78, 5) is 0. The van der Waals surface area contributed by atoms with E-state index < -0.39 is 0 Å². The Balaban J connectivity index is 2.00. The molecule has 0 bridgehead atoms. The van der Waals surface area contributed by atoms with Crippen LogP contribution in [-0.2, 0) is 4.74 Å². The van der Waals surface area contributed by atoms with Crippen molar-refractivity contribution in [2.75, 3.05) is 13.7 Å². The van der Waals surface area contributed by atoms with E-state index in [4.69, 9.17) is 9.47 Å². The van der Waals surface area contributed by atoms with Crippen molar-refractivity contribution in [1.29, 1.82) is 0 Å². The highest BCUT2D eigenvalue weighted by molar-refractivity contribution is 5.30. The molecule has 0 spiro atoms. The van der Waals surface area contributed by atoms with Gasteiger partial charge in [0, 0.05) is 19.6 Å². The Morgan fingerprint density at radius 2 is 2.22 bits per heavy atom. The Labute approximate surface area is 107 Å². The first-order valence-electron chi connectivity index (χ1n) is 6.34. The third-order valence-corrected chi connectivity index (χ3v) is 3.35. The molecule has 1 aromatic carbocycles. The van der Waals surface area contributed by atoms with Crippen molar-refractivity contribution < 1.29 is 13.9 Å². The van der Waals surface area contributed by atoms with Crippen molar-refractivity contribution in [3.63, 3.8) is 0 Å². The first-order valence-corrected chi connectivity index (χ1v) is 6.34. The molecule has 3 nitrogen and oxygen atoms in total. The van der Waals surface area contributed by atoms with Gasteiger partial charge in [-0.05, 0) is 31.2 Å². The largest absolute Gasteiger partial charge is 0.485 e. The summed E-state index contributed by atoms with van der Waals surface area (Å²) in [5.41, 5.74) is 0.989. The highest BCUT2D eigenvalue weighted by atomic mass is 19.1. The van der Waals surface area contributed by atoms with Crippen molar-refractivity contribution >= 4 is 0 Å². The van der Waals surface area contributed by atoms with Gasteiger partial charge in [-0.25, -0.2) is 4.39 Å². The number of hydrogen-bond donors (Lipinski definition) is 1. The van der Waals surface area contributed by atoms with Crippen LogP contribution in [-0.4, -0.2) is 31.9 Å². The van der Waals surface area contributed by atoms with Crippen LogP contribution in [0.2, 0.25) is 0 Å². The number of rotatable bonds is 5. The van der Waals surface area contributed by atoms with Crippen LogP contribution >= 0.6 is 0 Å². The zero-order valence-corrected chi connectivity index (χ0v) is 11.1. The van der Waals surface area contributed by atoms with Crippen LogP contribution in [0.5, 0.6) is 5.75 Å². The molecule has 0 amide bonds. The average molecular weight is 253 g/mol. The average Bonchev–Trinajstić information content (AvgIpc) is 2.32. The molecule has 0 heterocycles. The minimum absolute atomic E-state index is 0.00939. The van der Waals surface area contributed by atoms with Gasteiger partial charge in [0.2, 0.25) is 0 Å². The van der Waals surface area contributed by atoms with Gasteiger partial charge in [-0.2, -0.15) is 0 Å². The summed E-state index contributed by atoms with van der Waals surface area (Å²) in [7, 11) is 1.66. The van der Waals surface area contributed by atoms with Crippen LogP contribution in [0, 0.1) is 12.7 Å². The number of nitrogens with one attached hydrogen (secondary N) is 1. The number of halogens is 1. The predicted octanol–water partition coefficient (Wildman–Crippen LogP) is 2.28. The number of ether oxygens (including phenoxy) is 2. The highest BCUT2D eigenvalue weighted by Crippen LogP contribution is 2.30. The molecule has 0 saturated heterocycles. The minimum Gasteiger partial charge on any atom is -0.485 e. The van der Waals surface area contributed by atoms with Crippen molar-refractivity contribution in [2.45, 2.75) is 38.5 Å². The summed E-state index contributed by atoms with van der Waals surface area (Å²) in [6.07, 6.45) is 0.764. The molecule has 0 aromatic heterocycles. The molecule has 1 N–H and O–H groups in total. The van der Waals surface area contributed by atoms with Gasteiger partial charge in [0.15, 0.2) is 11.6 Å². The lowest BCUT2D eigenvalue weighted by atomic mass is 9.85. The molecule has 1 aliphatic carbocycles. The summed E-state index contributed by atoms with van der Waals surface area (Å²) < 4.78 is 24.7. The second-order valence-electron chi connectivity index (χ2n) is 4.69. The van der Waals surface area contributed by atoms with Crippen LogP contribution in [0.25, 0.3) is 0 Å². The molecule has 1 fully saturated rings. The monoisotopic (exact) mass is 253 g/mol. The van der Waals surface area contributed by atoms with E-state index >= 15 is 0 Å². The molecule has 1 saturated carbocycles. The van der Waals surface area contributed by atoms with Crippen LogP contribution in [0.4, 0.5) is 4.39 Å². The third kappa shape index (κ3) is 2.65. The van der Waals surface area contributed by atoms with Gasteiger partial charge in [0.25, 0.3) is 0 Å². The highest BCUT2D eigenvalue weighted by Gasteiger charge is 2.43. The van der Waals surface area contributed by atoms with E-state index in [2.05, 4.69) is 12.2 Å². The fraction of sp³-hybridized carbons (Fsp3) is 0.571. The van der Waals surface area contributed by atoms with E-state index in [9.17, 15) is 4.39 Å². The molecule has 2 rings (SSSR count). The normalized spacial score (nSPS) is 26.8.